The van der Waals surface area contributed by atoms with Gasteiger partial charge in [-0.1, -0.05) is 6.07 Å². The predicted octanol–water partition coefficient (Wildman–Crippen LogP) is 3.07. The molecule has 1 aliphatic carbocycles. The van der Waals surface area contributed by atoms with Gasteiger partial charge in [0.15, 0.2) is 0 Å². The van der Waals surface area contributed by atoms with E-state index in [9.17, 15) is 8.42 Å². The summed E-state index contributed by atoms with van der Waals surface area (Å²) in [6.07, 6.45) is 4.01. The van der Waals surface area contributed by atoms with E-state index in [-0.39, 0.29) is 4.90 Å². The maximum absolute atomic E-state index is 12.4. The molecule has 5 nitrogen and oxygen atoms in total. The molecule has 0 amide bonds. The smallest absolute Gasteiger partial charge is 0.263 e. The van der Waals surface area contributed by atoms with E-state index in [0.717, 1.165) is 16.8 Å². The van der Waals surface area contributed by atoms with Crippen LogP contribution in [0.15, 0.2) is 41.4 Å². The Morgan fingerprint density at radius 2 is 1.86 bits per heavy atom. The Morgan fingerprint density at radius 1 is 1.09 bits per heavy atom. The second kappa shape index (κ2) is 5.61. The maximum Gasteiger partial charge on any atom is 0.263 e. The average molecular weight is 317 g/mol. The van der Waals surface area contributed by atoms with Crippen molar-refractivity contribution >= 4 is 21.5 Å². The first kappa shape index (κ1) is 14.8. The van der Waals surface area contributed by atoms with Gasteiger partial charge in [-0.2, -0.15) is 0 Å². The number of rotatable bonds is 5. The number of sulfonamides is 1. The Bertz CT molecular complexity index is 782. The van der Waals surface area contributed by atoms with Crippen LogP contribution in [-0.4, -0.2) is 19.4 Å². The molecule has 0 unspecified atom stereocenters. The molecule has 2 aromatic rings. The zero-order valence-corrected chi connectivity index (χ0v) is 13.4. The molecule has 0 aliphatic heterocycles. The lowest BCUT2D eigenvalue weighted by Gasteiger charge is -2.10. The summed E-state index contributed by atoms with van der Waals surface area (Å²) in [4.78, 5) is 4.41. The van der Waals surface area contributed by atoms with Gasteiger partial charge in [0.1, 0.15) is 5.82 Å². The van der Waals surface area contributed by atoms with Crippen molar-refractivity contribution in [3.05, 3.63) is 47.7 Å². The third kappa shape index (κ3) is 3.39. The molecule has 0 atom stereocenters. The topological polar surface area (TPSA) is 71.1 Å². The number of hydrogen-bond acceptors (Lipinski definition) is 4. The summed E-state index contributed by atoms with van der Waals surface area (Å²) in [5, 5.41) is 3.31. The second-order valence-electron chi connectivity index (χ2n) is 5.70. The Labute approximate surface area is 130 Å². The summed E-state index contributed by atoms with van der Waals surface area (Å²) in [7, 11) is -3.61. The molecule has 116 valence electrons. The zero-order chi connectivity index (χ0) is 15.7. The third-order valence-electron chi connectivity index (χ3n) is 3.74. The minimum Gasteiger partial charge on any atom is -0.381 e. The van der Waals surface area contributed by atoms with Gasteiger partial charge in [0.05, 0.1) is 16.8 Å². The molecule has 3 rings (SSSR count). The number of hydrogen-bond donors (Lipinski definition) is 2. The van der Waals surface area contributed by atoms with Gasteiger partial charge in [-0.25, -0.2) is 13.4 Å². The molecule has 0 spiro atoms. The molecule has 22 heavy (non-hydrogen) atoms. The Balaban J connectivity index is 1.76. The van der Waals surface area contributed by atoms with Crippen LogP contribution in [0.5, 0.6) is 0 Å². The highest BCUT2D eigenvalue weighted by molar-refractivity contribution is 7.92. The summed E-state index contributed by atoms with van der Waals surface area (Å²) >= 11 is 0. The van der Waals surface area contributed by atoms with E-state index in [4.69, 9.17) is 0 Å². The molecule has 1 heterocycles. The lowest BCUT2D eigenvalue weighted by atomic mass is 10.1. The number of pyridine rings is 1. The highest BCUT2D eigenvalue weighted by atomic mass is 32.2. The lowest BCUT2D eigenvalue weighted by Crippen LogP contribution is -2.14. The van der Waals surface area contributed by atoms with Crippen molar-refractivity contribution in [1.82, 2.24) is 4.98 Å². The predicted molar refractivity (Wildman–Crippen MR) is 87.6 cm³/mol. The summed E-state index contributed by atoms with van der Waals surface area (Å²) in [6, 6.07) is 9.13. The highest BCUT2D eigenvalue weighted by Gasteiger charge is 2.21. The quantitative estimate of drug-likeness (QED) is 0.889. The van der Waals surface area contributed by atoms with Crippen molar-refractivity contribution < 1.29 is 8.42 Å². The van der Waals surface area contributed by atoms with E-state index in [1.807, 2.05) is 19.9 Å². The van der Waals surface area contributed by atoms with Crippen LogP contribution >= 0.6 is 0 Å². The normalized spacial score (nSPS) is 14.6. The number of nitrogens with zero attached hydrogens (tertiary/aromatic N) is 1. The Morgan fingerprint density at radius 3 is 2.45 bits per heavy atom. The highest BCUT2D eigenvalue weighted by Crippen LogP contribution is 2.25. The van der Waals surface area contributed by atoms with Crippen molar-refractivity contribution in [1.29, 1.82) is 0 Å². The second-order valence-corrected chi connectivity index (χ2v) is 7.38. The number of benzene rings is 1. The van der Waals surface area contributed by atoms with Gasteiger partial charge in [-0.15, -0.1) is 0 Å². The Kier molecular flexibility index (Phi) is 3.78. The molecule has 2 N–H and O–H groups in total. The number of aromatic nitrogens is 1. The number of nitrogens with one attached hydrogen (secondary N) is 2. The molecule has 0 radical (unpaired) electrons. The van der Waals surface area contributed by atoms with Gasteiger partial charge in [0.2, 0.25) is 0 Å². The van der Waals surface area contributed by atoms with E-state index >= 15 is 0 Å². The third-order valence-corrected chi connectivity index (χ3v) is 5.09. The van der Waals surface area contributed by atoms with Gasteiger partial charge < -0.3 is 5.32 Å². The van der Waals surface area contributed by atoms with E-state index in [2.05, 4.69) is 15.0 Å². The van der Waals surface area contributed by atoms with Crippen molar-refractivity contribution in [2.24, 2.45) is 0 Å². The molecule has 0 bridgehead atoms. The van der Waals surface area contributed by atoms with Crippen molar-refractivity contribution in [3.8, 4) is 0 Å². The van der Waals surface area contributed by atoms with E-state index in [0.29, 0.717) is 11.9 Å². The summed E-state index contributed by atoms with van der Waals surface area (Å²) in [5.74, 6) is 0.319. The van der Waals surface area contributed by atoms with Crippen LogP contribution in [0.2, 0.25) is 0 Å². The van der Waals surface area contributed by atoms with Crippen LogP contribution in [0, 0.1) is 13.8 Å². The van der Waals surface area contributed by atoms with Crippen LogP contribution in [0.3, 0.4) is 0 Å². The summed E-state index contributed by atoms with van der Waals surface area (Å²) in [5.41, 5.74) is 2.92. The van der Waals surface area contributed by atoms with Crippen molar-refractivity contribution in [2.45, 2.75) is 37.6 Å². The lowest BCUT2D eigenvalue weighted by molar-refractivity contribution is 0.601. The van der Waals surface area contributed by atoms with Gasteiger partial charge >= 0.3 is 0 Å². The first-order valence-electron chi connectivity index (χ1n) is 7.27. The number of anilines is 2. The van der Waals surface area contributed by atoms with Crippen LogP contribution in [0.1, 0.15) is 24.0 Å². The average Bonchev–Trinajstić information content (AvgIpc) is 3.27. The van der Waals surface area contributed by atoms with Crippen LogP contribution < -0.4 is 10.0 Å². The minimum atomic E-state index is -3.61. The molecule has 1 fully saturated rings. The molecule has 6 heteroatoms. The molecule has 1 aliphatic rings. The molecular weight excluding hydrogens is 298 g/mol. The van der Waals surface area contributed by atoms with Crippen LogP contribution in [0.4, 0.5) is 11.5 Å². The van der Waals surface area contributed by atoms with E-state index in [1.165, 1.54) is 12.8 Å². The molecule has 1 aromatic heterocycles. The van der Waals surface area contributed by atoms with Gasteiger partial charge in [-0.3, -0.25) is 4.72 Å². The fourth-order valence-electron chi connectivity index (χ4n) is 2.08. The largest absolute Gasteiger partial charge is 0.381 e. The van der Waals surface area contributed by atoms with E-state index in [1.54, 1.807) is 30.5 Å². The van der Waals surface area contributed by atoms with Gasteiger partial charge in [-0.05, 0) is 62.1 Å². The monoisotopic (exact) mass is 317 g/mol. The molecule has 0 saturated heterocycles. The molecule has 1 aromatic carbocycles. The van der Waals surface area contributed by atoms with Gasteiger partial charge in [0.25, 0.3) is 10.0 Å². The zero-order valence-electron chi connectivity index (χ0n) is 12.6. The maximum atomic E-state index is 12.4. The van der Waals surface area contributed by atoms with Crippen molar-refractivity contribution in [2.75, 3.05) is 10.0 Å². The van der Waals surface area contributed by atoms with Crippen LogP contribution in [-0.2, 0) is 10.0 Å². The molecular formula is C16H19N3O2S. The fraction of sp³-hybridized carbons (Fsp3) is 0.312. The standard InChI is InChI=1S/C16H19N3O2S/c1-11-3-7-15(9-12(11)2)22(20,21)19-16-8-6-14(10-17-16)18-13-4-5-13/h3,6-10,13,18H,4-5H2,1-2H3,(H,17,19). The summed E-state index contributed by atoms with van der Waals surface area (Å²) in [6.45, 7) is 3.84. The van der Waals surface area contributed by atoms with E-state index < -0.39 is 10.0 Å². The first-order chi connectivity index (χ1) is 10.4. The number of aryl methyl sites for hydroxylation is 2. The first-order valence-corrected chi connectivity index (χ1v) is 8.75. The van der Waals surface area contributed by atoms with Crippen molar-refractivity contribution in [3.63, 3.8) is 0 Å². The fourth-order valence-corrected chi connectivity index (χ4v) is 3.17. The Hall–Kier alpha value is -2.08. The van der Waals surface area contributed by atoms with Crippen LogP contribution in [0.25, 0.3) is 0 Å². The van der Waals surface area contributed by atoms with Gasteiger partial charge in [0, 0.05) is 6.04 Å². The SMILES string of the molecule is Cc1ccc(S(=O)(=O)Nc2ccc(NC3CC3)cn2)cc1C. The molecule has 1 saturated carbocycles. The summed E-state index contributed by atoms with van der Waals surface area (Å²) < 4.78 is 27.3. The minimum absolute atomic E-state index is 0.248.